The van der Waals surface area contributed by atoms with Crippen LogP contribution in [0.3, 0.4) is 0 Å². The van der Waals surface area contributed by atoms with Crippen LogP contribution < -0.4 is 0 Å². The van der Waals surface area contributed by atoms with Crippen molar-refractivity contribution in [2.75, 3.05) is 0 Å². The Morgan fingerprint density at radius 2 is 1.74 bits per heavy atom. The summed E-state index contributed by atoms with van der Waals surface area (Å²) in [5.74, 6) is -1.75. The van der Waals surface area contributed by atoms with Crippen molar-refractivity contribution in [2.45, 2.75) is 19.3 Å². The van der Waals surface area contributed by atoms with Gasteiger partial charge in [-0.25, -0.2) is 13.8 Å². The van der Waals surface area contributed by atoms with E-state index in [2.05, 4.69) is 20.1 Å². The van der Waals surface area contributed by atoms with E-state index in [0.29, 0.717) is 24.5 Å². The molecule has 1 aliphatic rings. The number of halogens is 5. The molecule has 0 unspecified atom stereocenters. The van der Waals surface area contributed by atoms with Crippen LogP contribution in [-0.4, -0.2) is 26.2 Å². The van der Waals surface area contributed by atoms with Crippen LogP contribution in [0, 0.1) is 11.6 Å². The summed E-state index contributed by atoms with van der Waals surface area (Å²) < 4.78 is 67.6. The van der Waals surface area contributed by atoms with Crippen molar-refractivity contribution in [3.05, 3.63) is 94.9 Å². The van der Waals surface area contributed by atoms with E-state index >= 15 is 0 Å². The van der Waals surface area contributed by atoms with E-state index in [1.54, 1.807) is 17.1 Å². The van der Waals surface area contributed by atoms with Gasteiger partial charge in [-0.15, -0.1) is 0 Å². The molecule has 0 atom stereocenters. The van der Waals surface area contributed by atoms with Gasteiger partial charge in [-0.1, -0.05) is 30.3 Å². The molecule has 0 saturated carbocycles. The topological polar surface area (TPSA) is 57.2 Å². The van der Waals surface area contributed by atoms with Crippen LogP contribution in [0.1, 0.15) is 22.5 Å². The average Bonchev–Trinajstić information content (AvgIpc) is 3.24. The SMILES string of the molecule is Fc1cccc(-c2nc3c([nH]2)C=NN(Cc2ccc(-c4ccccc4C(F)(F)F)nc2)C3)c1F. The first-order valence-corrected chi connectivity index (χ1v) is 10.2. The quantitative estimate of drug-likeness (QED) is 0.385. The highest BCUT2D eigenvalue weighted by molar-refractivity contribution is 5.80. The lowest BCUT2D eigenvalue weighted by atomic mass is 10.0. The van der Waals surface area contributed by atoms with E-state index in [9.17, 15) is 22.0 Å². The number of benzene rings is 2. The van der Waals surface area contributed by atoms with Crippen molar-refractivity contribution in [3.63, 3.8) is 0 Å². The monoisotopic (exact) mass is 469 g/mol. The van der Waals surface area contributed by atoms with Gasteiger partial charge in [-0.2, -0.15) is 18.3 Å². The van der Waals surface area contributed by atoms with Gasteiger partial charge < -0.3 is 4.98 Å². The number of imidazole rings is 1. The van der Waals surface area contributed by atoms with Crippen LogP contribution in [0.25, 0.3) is 22.6 Å². The molecule has 34 heavy (non-hydrogen) atoms. The Labute approximate surface area is 190 Å². The second kappa shape index (κ2) is 8.36. The first kappa shape index (κ1) is 21.7. The van der Waals surface area contributed by atoms with Gasteiger partial charge in [0.1, 0.15) is 5.82 Å². The zero-order valence-corrected chi connectivity index (χ0v) is 17.4. The Morgan fingerprint density at radius 3 is 2.50 bits per heavy atom. The van der Waals surface area contributed by atoms with Crippen LogP contribution in [0.5, 0.6) is 0 Å². The number of H-pyrrole nitrogens is 1. The molecule has 0 bridgehead atoms. The molecule has 0 amide bonds. The molecule has 10 heteroatoms. The summed E-state index contributed by atoms with van der Waals surface area (Å²) in [4.78, 5) is 11.5. The maximum atomic E-state index is 14.1. The number of nitrogens with one attached hydrogen (secondary N) is 1. The van der Waals surface area contributed by atoms with Gasteiger partial charge in [0.05, 0.1) is 47.5 Å². The standard InChI is InChI=1S/C24H16F5N5/c25-18-7-3-5-16(22(18)26)23-32-20-11-31-34(13-21(20)33-23)12-14-8-9-19(30-10-14)15-4-1-2-6-17(15)24(27,28)29/h1-11H,12-13H2,(H,32,33). The fourth-order valence-electron chi connectivity index (χ4n) is 3.76. The van der Waals surface area contributed by atoms with Gasteiger partial charge in [0.2, 0.25) is 0 Å². The third-order valence-electron chi connectivity index (χ3n) is 5.40. The third-order valence-corrected chi connectivity index (χ3v) is 5.40. The Balaban J connectivity index is 1.32. The molecule has 5 rings (SSSR count). The van der Waals surface area contributed by atoms with Gasteiger partial charge in [0, 0.05) is 11.8 Å². The maximum absolute atomic E-state index is 14.1. The maximum Gasteiger partial charge on any atom is 0.417 e. The van der Waals surface area contributed by atoms with Crippen LogP contribution in [0.15, 0.2) is 65.9 Å². The number of nitrogens with zero attached hydrogens (tertiary/aromatic N) is 4. The molecule has 2 aromatic carbocycles. The zero-order valence-electron chi connectivity index (χ0n) is 17.4. The van der Waals surface area contributed by atoms with Crippen molar-refractivity contribution in [1.82, 2.24) is 20.0 Å². The predicted octanol–water partition coefficient (Wildman–Crippen LogP) is 5.79. The lowest BCUT2D eigenvalue weighted by Crippen LogP contribution is -2.21. The minimum Gasteiger partial charge on any atom is -0.337 e. The Morgan fingerprint density at radius 1 is 0.941 bits per heavy atom. The summed E-state index contributed by atoms with van der Waals surface area (Å²) in [5.41, 5.74) is 1.44. The lowest BCUT2D eigenvalue weighted by Gasteiger charge is -2.21. The lowest BCUT2D eigenvalue weighted by molar-refractivity contribution is -0.137. The highest BCUT2D eigenvalue weighted by Crippen LogP contribution is 2.36. The second-order valence-corrected chi connectivity index (χ2v) is 7.71. The predicted molar refractivity (Wildman–Crippen MR) is 115 cm³/mol. The van der Waals surface area contributed by atoms with Gasteiger partial charge in [-0.05, 0) is 29.8 Å². The summed E-state index contributed by atoms with van der Waals surface area (Å²) in [6.45, 7) is 0.637. The van der Waals surface area contributed by atoms with Crippen LogP contribution in [-0.2, 0) is 19.3 Å². The zero-order chi connectivity index (χ0) is 23.9. The number of aromatic nitrogens is 3. The molecule has 0 radical (unpaired) electrons. The summed E-state index contributed by atoms with van der Waals surface area (Å²) in [6.07, 6.45) is -1.44. The molecule has 2 aromatic heterocycles. The summed E-state index contributed by atoms with van der Waals surface area (Å²) >= 11 is 0. The number of fused-ring (bicyclic) bond motifs is 1. The van der Waals surface area contributed by atoms with E-state index in [1.807, 2.05) is 0 Å². The molecule has 3 heterocycles. The Kier molecular flexibility index (Phi) is 5.35. The largest absolute Gasteiger partial charge is 0.417 e. The van der Waals surface area contributed by atoms with Gasteiger partial charge in [0.25, 0.3) is 0 Å². The molecule has 5 nitrogen and oxygen atoms in total. The molecule has 0 fully saturated rings. The Hall–Kier alpha value is -4.08. The normalized spacial score (nSPS) is 13.3. The van der Waals surface area contributed by atoms with Gasteiger partial charge >= 0.3 is 6.18 Å². The smallest absolute Gasteiger partial charge is 0.337 e. The number of hydrogen-bond donors (Lipinski definition) is 1. The molecule has 1 aliphatic heterocycles. The summed E-state index contributed by atoms with van der Waals surface area (Å²) in [5, 5.41) is 6.02. The Bertz CT molecular complexity index is 1380. The molecule has 172 valence electrons. The number of rotatable bonds is 4. The summed E-state index contributed by atoms with van der Waals surface area (Å²) in [6, 6.07) is 12.4. The second-order valence-electron chi connectivity index (χ2n) is 7.71. The first-order valence-electron chi connectivity index (χ1n) is 10.2. The van der Waals surface area contributed by atoms with E-state index in [-0.39, 0.29) is 22.6 Å². The average molecular weight is 469 g/mol. The van der Waals surface area contributed by atoms with Crippen LogP contribution in [0.4, 0.5) is 22.0 Å². The van der Waals surface area contributed by atoms with E-state index in [4.69, 9.17) is 0 Å². The third kappa shape index (κ3) is 4.14. The van der Waals surface area contributed by atoms with Gasteiger partial charge in [0.15, 0.2) is 11.6 Å². The van der Waals surface area contributed by atoms with E-state index in [0.717, 1.165) is 17.7 Å². The highest BCUT2D eigenvalue weighted by Gasteiger charge is 2.33. The number of alkyl halides is 3. The molecule has 0 saturated heterocycles. The minimum absolute atomic E-state index is 0.0100. The number of pyridine rings is 1. The molecule has 1 N–H and O–H groups in total. The van der Waals surface area contributed by atoms with Crippen LogP contribution in [0.2, 0.25) is 0 Å². The number of hydrogen-bond acceptors (Lipinski definition) is 4. The van der Waals surface area contributed by atoms with E-state index in [1.165, 1.54) is 42.7 Å². The fourth-order valence-corrected chi connectivity index (χ4v) is 3.76. The van der Waals surface area contributed by atoms with Crippen molar-refractivity contribution in [2.24, 2.45) is 5.10 Å². The molecule has 4 aromatic rings. The number of hydrazone groups is 1. The first-order chi connectivity index (χ1) is 16.3. The minimum atomic E-state index is -4.48. The van der Waals surface area contributed by atoms with Crippen molar-refractivity contribution >= 4 is 6.21 Å². The van der Waals surface area contributed by atoms with Crippen molar-refractivity contribution < 1.29 is 22.0 Å². The van der Waals surface area contributed by atoms with Gasteiger partial charge in [-0.3, -0.25) is 9.99 Å². The number of aromatic amines is 1. The highest BCUT2D eigenvalue weighted by atomic mass is 19.4. The van der Waals surface area contributed by atoms with Crippen LogP contribution >= 0.6 is 0 Å². The van der Waals surface area contributed by atoms with Crippen molar-refractivity contribution in [3.8, 4) is 22.6 Å². The summed E-state index contributed by atoms with van der Waals surface area (Å²) in [7, 11) is 0. The van der Waals surface area contributed by atoms with Crippen molar-refractivity contribution in [1.29, 1.82) is 0 Å². The molecule has 0 aliphatic carbocycles. The fraction of sp³-hybridized carbons (Fsp3) is 0.125. The molecular weight excluding hydrogens is 453 g/mol. The molecular formula is C24H16F5N5. The molecule has 0 spiro atoms. The van der Waals surface area contributed by atoms with E-state index < -0.39 is 23.4 Å².